The molecule has 0 spiro atoms. The average Bonchev–Trinajstić information content (AvgIpc) is 2.96. The SMILES string of the molecule is CCCCCCCCCCCCCCCCN(C(=O)CCCCCCCCCCCCCCC)C(C)OCCO. The topological polar surface area (TPSA) is 49.8 Å². The van der Waals surface area contributed by atoms with E-state index in [1.165, 1.54) is 154 Å². The van der Waals surface area contributed by atoms with Gasteiger partial charge in [-0.2, -0.15) is 0 Å². The molecular formula is C36H73NO3. The van der Waals surface area contributed by atoms with Crippen LogP contribution >= 0.6 is 0 Å². The van der Waals surface area contributed by atoms with E-state index in [1.807, 2.05) is 11.8 Å². The molecule has 0 aliphatic rings. The van der Waals surface area contributed by atoms with Crippen LogP contribution in [0, 0.1) is 0 Å². The molecule has 240 valence electrons. The molecule has 4 nitrogen and oxygen atoms in total. The van der Waals surface area contributed by atoms with Crippen molar-refractivity contribution in [2.75, 3.05) is 19.8 Å². The highest BCUT2D eigenvalue weighted by Crippen LogP contribution is 2.16. The first-order valence-electron chi connectivity index (χ1n) is 18.2. The molecule has 0 aromatic rings. The normalized spacial score (nSPS) is 12.2. The zero-order valence-electron chi connectivity index (χ0n) is 27.7. The number of hydrogen-bond acceptors (Lipinski definition) is 3. The highest BCUT2D eigenvalue weighted by molar-refractivity contribution is 5.76. The van der Waals surface area contributed by atoms with Gasteiger partial charge in [0.1, 0.15) is 6.23 Å². The molecule has 0 heterocycles. The minimum atomic E-state index is -0.247. The zero-order valence-corrected chi connectivity index (χ0v) is 27.7. The number of carbonyl (C=O) groups excluding carboxylic acids is 1. The Morgan fingerprint density at radius 1 is 0.550 bits per heavy atom. The minimum Gasteiger partial charge on any atom is -0.394 e. The molecule has 0 aromatic carbocycles. The number of nitrogens with zero attached hydrogens (tertiary/aromatic N) is 1. The fourth-order valence-corrected chi connectivity index (χ4v) is 5.74. The second-order valence-corrected chi connectivity index (χ2v) is 12.4. The summed E-state index contributed by atoms with van der Waals surface area (Å²) in [5.74, 6) is 0.225. The highest BCUT2D eigenvalue weighted by atomic mass is 16.5. The van der Waals surface area contributed by atoms with E-state index in [0.717, 1.165) is 25.8 Å². The molecule has 0 radical (unpaired) electrons. The predicted octanol–water partition coefficient (Wildman–Crippen LogP) is 11.1. The molecule has 1 amide bonds. The Bertz CT molecular complexity index is 498. The summed E-state index contributed by atoms with van der Waals surface area (Å²) in [6.45, 7) is 7.60. The molecule has 0 aliphatic heterocycles. The van der Waals surface area contributed by atoms with Crippen molar-refractivity contribution in [3.8, 4) is 0 Å². The van der Waals surface area contributed by atoms with Gasteiger partial charge in [-0.1, -0.05) is 174 Å². The highest BCUT2D eigenvalue weighted by Gasteiger charge is 2.19. The van der Waals surface area contributed by atoms with Gasteiger partial charge in [0.2, 0.25) is 5.91 Å². The van der Waals surface area contributed by atoms with Crippen LogP contribution in [0.4, 0.5) is 0 Å². The Hall–Kier alpha value is -0.610. The van der Waals surface area contributed by atoms with Gasteiger partial charge in [-0.15, -0.1) is 0 Å². The monoisotopic (exact) mass is 568 g/mol. The van der Waals surface area contributed by atoms with Crippen molar-refractivity contribution in [1.82, 2.24) is 4.90 Å². The quantitative estimate of drug-likeness (QED) is 0.0633. The van der Waals surface area contributed by atoms with Gasteiger partial charge < -0.3 is 14.7 Å². The van der Waals surface area contributed by atoms with E-state index in [4.69, 9.17) is 9.84 Å². The number of unbranched alkanes of at least 4 members (excludes halogenated alkanes) is 25. The number of carbonyl (C=O) groups is 1. The van der Waals surface area contributed by atoms with Crippen molar-refractivity contribution in [3.05, 3.63) is 0 Å². The molecule has 0 fully saturated rings. The number of aliphatic hydroxyl groups is 1. The maximum absolute atomic E-state index is 13.0. The predicted molar refractivity (Wildman–Crippen MR) is 175 cm³/mol. The largest absolute Gasteiger partial charge is 0.394 e. The summed E-state index contributed by atoms with van der Waals surface area (Å²) in [6.07, 6.45) is 36.4. The maximum Gasteiger partial charge on any atom is 0.224 e. The summed E-state index contributed by atoms with van der Waals surface area (Å²) in [4.78, 5) is 14.9. The molecule has 1 atom stereocenters. The average molecular weight is 568 g/mol. The molecule has 0 rings (SSSR count). The van der Waals surface area contributed by atoms with E-state index in [0.29, 0.717) is 13.0 Å². The van der Waals surface area contributed by atoms with Gasteiger partial charge in [-0.3, -0.25) is 4.79 Å². The Kier molecular flexibility index (Phi) is 32.4. The van der Waals surface area contributed by atoms with Crippen LogP contribution in [0.25, 0.3) is 0 Å². The second-order valence-electron chi connectivity index (χ2n) is 12.4. The lowest BCUT2D eigenvalue weighted by Gasteiger charge is -2.29. The van der Waals surface area contributed by atoms with Crippen molar-refractivity contribution in [3.63, 3.8) is 0 Å². The van der Waals surface area contributed by atoms with Crippen molar-refractivity contribution >= 4 is 5.91 Å². The first-order valence-corrected chi connectivity index (χ1v) is 18.2. The van der Waals surface area contributed by atoms with Gasteiger partial charge in [0.25, 0.3) is 0 Å². The first kappa shape index (κ1) is 39.4. The van der Waals surface area contributed by atoms with Gasteiger partial charge >= 0.3 is 0 Å². The van der Waals surface area contributed by atoms with Crippen LogP contribution in [0.5, 0.6) is 0 Å². The molecule has 0 saturated carbocycles. The van der Waals surface area contributed by atoms with Crippen LogP contribution in [0.3, 0.4) is 0 Å². The number of hydrogen-bond donors (Lipinski definition) is 1. The summed E-state index contributed by atoms with van der Waals surface area (Å²) in [5, 5.41) is 9.15. The third kappa shape index (κ3) is 27.6. The third-order valence-corrected chi connectivity index (χ3v) is 8.46. The Morgan fingerprint density at radius 3 is 1.23 bits per heavy atom. The van der Waals surface area contributed by atoms with Gasteiger partial charge in [0, 0.05) is 13.0 Å². The Balaban J connectivity index is 3.86. The molecular weight excluding hydrogens is 494 g/mol. The van der Waals surface area contributed by atoms with Gasteiger partial charge in [0.05, 0.1) is 13.2 Å². The fraction of sp³-hybridized carbons (Fsp3) is 0.972. The fourth-order valence-electron chi connectivity index (χ4n) is 5.74. The summed E-state index contributed by atoms with van der Waals surface area (Å²) in [6, 6.07) is 0. The maximum atomic E-state index is 13.0. The van der Waals surface area contributed by atoms with Crippen LogP contribution in [0.2, 0.25) is 0 Å². The smallest absolute Gasteiger partial charge is 0.224 e. The van der Waals surface area contributed by atoms with Crippen molar-refractivity contribution < 1.29 is 14.6 Å². The Morgan fingerprint density at radius 2 is 0.875 bits per heavy atom. The van der Waals surface area contributed by atoms with Gasteiger partial charge in [-0.25, -0.2) is 0 Å². The van der Waals surface area contributed by atoms with Gasteiger partial charge in [0.15, 0.2) is 0 Å². The zero-order chi connectivity index (χ0) is 29.4. The standard InChI is InChI=1S/C36H73NO3/c1-4-6-8-10-12-14-16-18-20-22-24-26-28-30-32-37(35(3)40-34-33-38)36(39)31-29-27-25-23-21-19-17-15-13-11-9-7-5-2/h35,38H,4-34H2,1-3H3. The lowest BCUT2D eigenvalue weighted by atomic mass is 10.0. The van der Waals surface area contributed by atoms with Crippen molar-refractivity contribution in [1.29, 1.82) is 0 Å². The molecule has 0 bridgehead atoms. The van der Waals surface area contributed by atoms with Crippen LogP contribution in [0.15, 0.2) is 0 Å². The first-order chi connectivity index (χ1) is 19.7. The third-order valence-electron chi connectivity index (χ3n) is 8.46. The summed E-state index contributed by atoms with van der Waals surface area (Å²) >= 11 is 0. The van der Waals surface area contributed by atoms with Gasteiger partial charge in [-0.05, 0) is 19.8 Å². The van der Waals surface area contributed by atoms with E-state index in [2.05, 4.69) is 13.8 Å². The molecule has 40 heavy (non-hydrogen) atoms. The number of amides is 1. The molecule has 0 aromatic heterocycles. The van der Waals surface area contributed by atoms with E-state index >= 15 is 0 Å². The molecule has 0 saturated heterocycles. The molecule has 1 unspecified atom stereocenters. The van der Waals surface area contributed by atoms with Crippen LogP contribution in [0.1, 0.15) is 201 Å². The lowest BCUT2D eigenvalue weighted by Crippen LogP contribution is -2.41. The van der Waals surface area contributed by atoms with E-state index in [9.17, 15) is 4.79 Å². The second kappa shape index (κ2) is 32.9. The molecule has 0 aliphatic carbocycles. The van der Waals surface area contributed by atoms with E-state index in [1.54, 1.807) is 0 Å². The summed E-state index contributed by atoms with van der Waals surface area (Å²) in [5.41, 5.74) is 0. The Labute approximate surface area is 251 Å². The van der Waals surface area contributed by atoms with Crippen molar-refractivity contribution in [2.45, 2.75) is 207 Å². The molecule has 1 N–H and O–H groups in total. The number of ether oxygens (including phenoxy) is 1. The number of aliphatic hydroxyl groups excluding tert-OH is 1. The summed E-state index contributed by atoms with van der Waals surface area (Å²) < 4.78 is 5.72. The number of rotatable bonds is 33. The van der Waals surface area contributed by atoms with Crippen LogP contribution < -0.4 is 0 Å². The molecule has 4 heteroatoms. The minimum absolute atomic E-state index is 0.00405. The lowest BCUT2D eigenvalue weighted by molar-refractivity contribution is -0.146. The van der Waals surface area contributed by atoms with Crippen molar-refractivity contribution in [2.24, 2.45) is 0 Å². The van der Waals surface area contributed by atoms with E-state index in [-0.39, 0.29) is 18.7 Å². The van der Waals surface area contributed by atoms with Crippen LogP contribution in [-0.2, 0) is 9.53 Å². The summed E-state index contributed by atoms with van der Waals surface area (Å²) in [7, 11) is 0. The van der Waals surface area contributed by atoms with E-state index < -0.39 is 0 Å². The van der Waals surface area contributed by atoms with Crippen LogP contribution in [-0.4, -0.2) is 41.9 Å².